The molecule has 2 rings (SSSR count). The number of anilines is 1. The Morgan fingerprint density at radius 1 is 1.24 bits per heavy atom. The number of nitrogens with one attached hydrogen (secondary N) is 1. The summed E-state index contributed by atoms with van der Waals surface area (Å²) in [5.74, 6) is -1.66. The standard InChI is InChI=1S/C15H11ClN2O3/c16-11-4-1-5-12(14(11)15(20)21)18-13(19)7-6-10-3-2-8-17-9-10/h1-9H,(H,18,19)(H,20,21). The van der Waals surface area contributed by atoms with Crippen molar-refractivity contribution in [2.45, 2.75) is 0 Å². The number of aromatic nitrogens is 1. The van der Waals surface area contributed by atoms with Crippen LogP contribution in [0.1, 0.15) is 15.9 Å². The van der Waals surface area contributed by atoms with E-state index in [-0.39, 0.29) is 16.3 Å². The molecule has 0 aliphatic rings. The molecule has 0 atom stereocenters. The highest BCUT2D eigenvalue weighted by Gasteiger charge is 2.15. The summed E-state index contributed by atoms with van der Waals surface area (Å²) >= 11 is 5.82. The largest absolute Gasteiger partial charge is 0.478 e. The van der Waals surface area contributed by atoms with Gasteiger partial charge in [0, 0.05) is 18.5 Å². The summed E-state index contributed by atoms with van der Waals surface area (Å²) in [6.45, 7) is 0. The predicted octanol–water partition coefficient (Wildman–Crippen LogP) is 3.09. The molecule has 0 aliphatic carbocycles. The lowest BCUT2D eigenvalue weighted by atomic mass is 10.1. The molecule has 0 bridgehead atoms. The van der Waals surface area contributed by atoms with Crippen LogP contribution in [0.25, 0.3) is 6.08 Å². The highest BCUT2D eigenvalue weighted by molar-refractivity contribution is 6.34. The van der Waals surface area contributed by atoms with E-state index in [1.807, 2.05) is 0 Å². The van der Waals surface area contributed by atoms with Gasteiger partial charge in [0.1, 0.15) is 5.56 Å². The molecular weight excluding hydrogens is 292 g/mol. The van der Waals surface area contributed by atoms with Gasteiger partial charge in [0.2, 0.25) is 5.91 Å². The van der Waals surface area contributed by atoms with Crippen LogP contribution >= 0.6 is 11.6 Å². The molecule has 1 heterocycles. The average molecular weight is 303 g/mol. The Hall–Kier alpha value is -2.66. The number of carbonyl (C=O) groups is 2. The van der Waals surface area contributed by atoms with Crippen LogP contribution in [0.3, 0.4) is 0 Å². The van der Waals surface area contributed by atoms with Gasteiger partial charge in [-0.25, -0.2) is 4.79 Å². The molecule has 106 valence electrons. The van der Waals surface area contributed by atoms with E-state index in [1.54, 1.807) is 36.7 Å². The van der Waals surface area contributed by atoms with E-state index in [4.69, 9.17) is 16.7 Å². The van der Waals surface area contributed by atoms with Gasteiger partial charge in [0.15, 0.2) is 0 Å². The van der Waals surface area contributed by atoms with Crippen molar-refractivity contribution in [3.63, 3.8) is 0 Å². The first-order valence-electron chi connectivity index (χ1n) is 5.99. The fraction of sp³-hybridized carbons (Fsp3) is 0. The Morgan fingerprint density at radius 2 is 2.05 bits per heavy atom. The van der Waals surface area contributed by atoms with Crippen molar-refractivity contribution >= 4 is 35.2 Å². The van der Waals surface area contributed by atoms with Crippen molar-refractivity contribution in [2.75, 3.05) is 5.32 Å². The van der Waals surface area contributed by atoms with Crippen LogP contribution in [0.2, 0.25) is 5.02 Å². The first-order valence-corrected chi connectivity index (χ1v) is 6.36. The van der Waals surface area contributed by atoms with E-state index in [0.29, 0.717) is 0 Å². The zero-order valence-electron chi connectivity index (χ0n) is 10.8. The minimum absolute atomic E-state index is 0.0662. The molecular formula is C15H11ClN2O3. The van der Waals surface area contributed by atoms with Crippen LogP contribution in [0, 0.1) is 0 Å². The number of amides is 1. The fourth-order valence-electron chi connectivity index (χ4n) is 1.67. The van der Waals surface area contributed by atoms with E-state index >= 15 is 0 Å². The van der Waals surface area contributed by atoms with Gasteiger partial charge in [0.25, 0.3) is 0 Å². The van der Waals surface area contributed by atoms with Crippen LogP contribution in [0.15, 0.2) is 48.8 Å². The maximum atomic E-state index is 11.8. The Bertz CT molecular complexity index is 699. The second-order valence-corrected chi connectivity index (χ2v) is 4.48. The van der Waals surface area contributed by atoms with Gasteiger partial charge >= 0.3 is 5.97 Å². The monoisotopic (exact) mass is 302 g/mol. The summed E-state index contributed by atoms with van der Waals surface area (Å²) in [7, 11) is 0. The number of carboxylic acids is 1. The topological polar surface area (TPSA) is 79.3 Å². The van der Waals surface area contributed by atoms with Crippen LogP contribution in [0.4, 0.5) is 5.69 Å². The number of pyridine rings is 1. The number of carboxylic acid groups (broad SMARTS) is 1. The third kappa shape index (κ3) is 3.90. The molecule has 0 spiro atoms. The molecule has 0 unspecified atom stereocenters. The maximum absolute atomic E-state index is 11.8. The van der Waals surface area contributed by atoms with Crippen molar-refractivity contribution in [3.8, 4) is 0 Å². The van der Waals surface area contributed by atoms with Crippen LogP contribution in [-0.4, -0.2) is 22.0 Å². The van der Waals surface area contributed by atoms with Gasteiger partial charge in [-0.05, 0) is 29.8 Å². The number of benzene rings is 1. The number of rotatable bonds is 4. The molecule has 2 N–H and O–H groups in total. The number of hydrogen-bond donors (Lipinski definition) is 2. The third-order valence-corrected chi connectivity index (χ3v) is 2.91. The lowest BCUT2D eigenvalue weighted by Gasteiger charge is -2.07. The molecule has 21 heavy (non-hydrogen) atoms. The Kier molecular flexibility index (Phi) is 4.68. The molecule has 1 aromatic carbocycles. The number of hydrogen-bond acceptors (Lipinski definition) is 3. The van der Waals surface area contributed by atoms with E-state index in [9.17, 15) is 9.59 Å². The first-order chi connectivity index (χ1) is 10.1. The van der Waals surface area contributed by atoms with Crippen LogP contribution < -0.4 is 5.32 Å². The number of halogens is 1. The van der Waals surface area contributed by atoms with Crippen molar-refractivity contribution in [2.24, 2.45) is 0 Å². The fourth-order valence-corrected chi connectivity index (χ4v) is 1.92. The molecule has 6 heteroatoms. The third-order valence-electron chi connectivity index (χ3n) is 2.60. The quantitative estimate of drug-likeness (QED) is 0.851. The van der Waals surface area contributed by atoms with Gasteiger partial charge in [-0.15, -0.1) is 0 Å². The summed E-state index contributed by atoms with van der Waals surface area (Å²) < 4.78 is 0. The molecule has 1 aromatic heterocycles. The van der Waals surface area contributed by atoms with E-state index in [2.05, 4.69) is 10.3 Å². The summed E-state index contributed by atoms with van der Waals surface area (Å²) in [6, 6.07) is 8.03. The molecule has 5 nitrogen and oxygen atoms in total. The smallest absolute Gasteiger partial charge is 0.339 e. The number of carbonyl (C=O) groups excluding carboxylic acids is 1. The molecule has 2 aromatic rings. The molecule has 0 aliphatic heterocycles. The van der Waals surface area contributed by atoms with Crippen LogP contribution in [-0.2, 0) is 4.79 Å². The molecule has 0 fully saturated rings. The van der Waals surface area contributed by atoms with Crippen molar-refractivity contribution in [3.05, 3.63) is 65.0 Å². The molecule has 1 amide bonds. The first kappa shape index (κ1) is 14.7. The summed E-state index contributed by atoms with van der Waals surface area (Å²) in [5.41, 5.74) is 0.773. The van der Waals surface area contributed by atoms with Gasteiger partial charge < -0.3 is 10.4 Å². The van der Waals surface area contributed by atoms with Crippen molar-refractivity contribution < 1.29 is 14.7 Å². The van der Waals surface area contributed by atoms with Crippen LogP contribution in [0.5, 0.6) is 0 Å². The van der Waals surface area contributed by atoms with E-state index in [0.717, 1.165) is 5.56 Å². The second-order valence-electron chi connectivity index (χ2n) is 4.08. The van der Waals surface area contributed by atoms with Gasteiger partial charge in [-0.3, -0.25) is 9.78 Å². The van der Waals surface area contributed by atoms with Gasteiger partial charge in [-0.1, -0.05) is 23.7 Å². The van der Waals surface area contributed by atoms with E-state index < -0.39 is 11.9 Å². The van der Waals surface area contributed by atoms with Gasteiger partial charge in [0.05, 0.1) is 10.7 Å². The highest BCUT2D eigenvalue weighted by atomic mass is 35.5. The average Bonchev–Trinajstić information content (AvgIpc) is 2.46. The Balaban J connectivity index is 2.15. The summed E-state index contributed by atoms with van der Waals surface area (Å²) in [4.78, 5) is 26.9. The second kappa shape index (κ2) is 6.67. The van der Waals surface area contributed by atoms with E-state index in [1.165, 1.54) is 18.2 Å². The lowest BCUT2D eigenvalue weighted by Crippen LogP contribution is -2.12. The Morgan fingerprint density at radius 3 is 2.71 bits per heavy atom. The summed E-state index contributed by atoms with van der Waals surface area (Å²) in [5, 5.41) is 11.7. The minimum Gasteiger partial charge on any atom is -0.478 e. The zero-order valence-corrected chi connectivity index (χ0v) is 11.5. The predicted molar refractivity (Wildman–Crippen MR) is 80.3 cm³/mol. The van der Waals surface area contributed by atoms with Crippen molar-refractivity contribution in [1.29, 1.82) is 0 Å². The van der Waals surface area contributed by atoms with Crippen molar-refractivity contribution in [1.82, 2.24) is 4.98 Å². The highest BCUT2D eigenvalue weighted by Crippen LogP contribution is 2.24. The molecule has 0 saturated heterocycles. The zero-order chi connectivity index (χ0) is 15.2. The lowest BCUT2D eigenvalue weighted by molar-refractivity contribution is -0.111. The molecule has 0 radical (unpaired) electrons. The van der Waals surface area contributed by atoms with Gasteiger partial charge in [-0.2, -0.15) is 0 Å². The number of aromatic carboxylic acids is 1. The molecule has 0 saturated carbocycles. The Labute approximate surface area is 125 Å². The SMILES string of the molecule is O=C(C=Cc1cccnc1)Nc1cccc(Cl)c1C(=O)O. The maximum Gasteiger partial charge on any atom is 0.339 e. The summed E-state index contributed by atoms with van der Waals surface area (Å²) in [6.07, 6.45) is 6.10. The normalized spacial score (nSPS) is 10.5. The number of nitrogens with zero attached hydrogens (tertiary/aromatic N) is 1. The minimum atomic E-state index is -1.20.